The molecule has 0 unspecified atom stereocenters. The van der Waals surface area contributed by atoms with E-state index in [0.29, 0.717) is 22.5 Å². The summed E-state index contributed by atoms with van der Waals surface area (Å²) in [6.45, 7) is 0. The molecule has 0 atom stereocenters. The van der Waals surface area contributed by atoms with Crippen molar-refractivity contribution in [3.05, 3.63) is 60.2 Å². The minimum atomic E-state index is -0.381. The molecular weight excluding hydrogens is 262 g/mol. The fraction of sp³-hybridized carbons (Fsp3) is 0. The number of halogens is 2. The zero-order valence-electron chi connectivity index (χ0n) is 10.3. The molecule has 100 valence electrons. The lowest BCUT2D eigenvalue weighted by Crippen LogP contribution is -1.89. The highest BCUT2D eigenvalue weighted by Gasteiger charge is 2.18. The molecule has 0 aliphatic heterocycles. The van der Waals surface area contributed by atoms with Crippen LogP contribution in [0.4, 0.5) is 14.6 Å². The second-order valence-corrected chi connectivity index (χ2v) is 4.29. The highest BCUT2D eigenvalue weighted by Crippen LogP contribution is 2.36. The van der Waals surface area contributed by atoms with Crippen molar-refractivity contribution >= 4 is 5.82 Å². The smallest absolute Gasteiger partial charge is 0.176 e. The molecule has 1 heterocycles. The van der Waals surface area contributed by atoms with Crippen LogP contribution in [0.15, 0.2) is 53.1 Å². The van der Waals surface area contributed by atoms with Crippen LogP contribution in [0, 0.1) is 11.6 Å². The van der Waals surface area contributed by atoms with E-state index < -0.39 is 0 Å². The average Bonchev–Trinajstić information content (AvgIpc) is 2.81. The number of hydrogen-bond acceptors (Lipinski definition) is 3. The zero-order chi connectivity index (χ0) is 14.1. The van der Waals surface area contributed by atoms with Gasteiger partial charge in [-0.25, -0.2) is 8.78 Å². The standard InChI is InChI=1S/C15H10F2N2O/c16-11-6-4-9(5-7-11)14-13(15(18)19-20-14)10-2-1-3-12(17)8-10/h1-8H,(H2,18,19). The molecule has 0 saturated heterocycles. The first-order valence-corrected chi connectivity index (χ1v) is 5.92. The van der Waals surface area contributed by atoms with Crippen LogP contribution < -0.4 is 5.73 Å². The summed E-state index contributed by atoms with van der Waals surface area (Å²) in [5.74, 6) is -0.190. The molecule has 3 aromatic rings. The Labute approximate surface area is 113 Å². The van der Waals surface area contributed by atoms with Crippen molar-refractivity contribution < 1.29 is 13.3 Å². The molecule has 0 saturated carbocycles. The zero-order valence-corrected chi connectivity index (χ0v) is 10.3. The second-order valence-electron chi connectivity index (χ2n) is 4.29. The van der Waals surface area contributed by atoms with Gasteiger partial charge in [-0.15, -0.1) is 0 Å². The van der Waals surface area contributed by atoms with Crippen molar-refractivity contribution in [3.63, 3.8) is 0 Å². The van der Waals surface area contributed by atoms with Crippen LogP contribution in [0.3, 0.4) is 0 Å². The molecule has 0 amide bonds. The molecule has 0 radical (unpaired) electrons. The number of nitrogen functional groups attached to an aromatic ring is 1. The minimum Gasteiger partial charge on any atom is -0.380 e. The molecule has 3 rings (SSSR count). The summed E-state index contributed by atoms with van der Waals surface area (Å²) in [5.41, 5.74) is 7.46. The van der Waals surface area contributed by atoms with E-state index in [0.717, 1.165) is 0 Å². The highest BCUT2D eigenvalue weighted by atomic mass is 19.1. The monoisotopic (exact) mass is 272 g/mol. The molecule has 0 spiro atoms. The van der Waals surface area contributed by atoms with Gasteiger partial charge in [0, 0.05) is 5.56 Å². The third kappa shape index (κ3) is 2.14. The molecule has 2 aromatic carbocycles. The summed E-state index contributed by atoms with van der Waals surface area (Å²) in [4.78, 5) is 0. The van der Waals surface area contributed by atoms with Crippen molar-refractivity contribution in [2.24, 2.45) is 0 Å². The molecule has 5 heteroatoms. The van der Waals surface area contributed by atoms with E-state index in [-0.39, 0.29) is 17.5 Å². The van der Waals surface area contributed by atoms with Gasteiger partial charge in [0.1, 0.15) is 11.6 Å². The lowest BCUT2D eigenvalue weighted by Gasteiger charge is -2.03. The minimum absolute atomic E-state index is 0.162. The first-order valence-electron chi connectivity index (χ1n) is 5.92. The highest BCUT2D eigenvalue weighted by molar-refractivity contribution is 5.86. The van der Waals surface area contributed by atoms with Gasteiger partial charge < -0.3 is 10.3 Å². The first kappa shape index (κ1) is 12.3. The SMILES string of the molecule is Nc1noc(-c2ccc(F)cc2)c1-c1cccc(F)c1. The Morgan fingerprint density at radius 3 is 2.35 bits per heavy atom. The van der Waals surface area contributed by atoms with Crippen LogP contribution in [-0.2, 0) is 0 Å². The maximum Gasteiger partial charge on any atom is 0.176 e. The number of nitrogens with two attached hydrogens (primary N) is 1. The molecule has 0 fully saturated rings. The third-order valence-corrected chi connectivity index (χ3v) is 2.94. The average molecular weight is 272 g/mol. The van der Waals surface area contributed by atoms with Crippen LogP contribution in [-0.4, -0.2) is 5.16 Å². The summed E-state index contributed by atoms with van der Waals surface area (Å²) in [7, 11) is 0. The van der Waals surface area contributed by atoms with Crippen LogP contribution in [0.25, 0.3) is 22.5 Å². The third-order valence-electron chi connectivity index (χ3n) is 2.94. The van der Waals surface area contributed by atoms with Crippen LogP contribution in [0.5, 0.6) is 0 Å². The lowest BCUT2D eigenvalue weighted by atomic mass is 10.0. The normalized spacial score (nSPS) is 10.7. The molecule has 3 nitrogen and oxygen atoms in total. The van der Waals surface area contributed by atoms with Crippen LogP contribution >= 0.6 is 0 Å². The van der Waals surface area contributed by atoms with Crippen molar-refractivity contribution in [2.45, 2.75) is 0 Å². The van der Waals surface area contributed by atoms with Gasteiger partial charge in [0.15, 0.2) is 11.6 Å². The first-order chi connectivity index (χ1) is 9.65. The Kier molecular flexibility index (Phi) is 2.95. The van der Waals surface area contributed by atoms with Gasteiger partial charge in [0.25, 0.3) is 0 Å². The van der Waals surface area contributed by atoms with Gasteiger partial charge in [-0.05, 0) is 42.0 Å². The van der Waals surface area contributed by atoms with E-state index in [4.69, 9.17) is 10.3 Å². The summed E-state index contributed by atoms with van der Waals surface area (Å²) in [6.07, 6.45) is 0. The lowest BCUT2D eigenvalue weighted by molar-refractivity contribution is 0.436. The van der Waals surface area contributed by atoms with Crippen molar-refractivity contribution in [2.75, 3.05) is 5.73 Å². The number of aromatic nitrogens is 1. The van der Waals surface area contributed by atoms with Crippen molar-refractivity contribution in [1.29, 1.82) is 0 Å². The molecule has 0 aliphatic rings. The van der Waals surface area contributed by atoms with Gasteiger partial charge in [0.2, 0.25) is 0 Å². The molecule has 1 aromatic heterocycles. The van der Waals surface area contributed by atoms with Crippen molar-refractivity contribution in [3.8, 4) is 22.5 Å². The Balaban J connectivity index is 2.17. The molecule has 0 aliphatic carbocycles. The van der Waals surface area contributed by atoms with Crippen LogP contribution in [0.2, 0.25) is 0 Å². The van der Waals surface area contributed by atoms with E-state index in [9.17, 15) is 8.78 Å². The van der Waals surface area contributed by atoms with Gasteiger partial charge in [0.05, 0.1) is 5.56 Å². The maximum atomic E-state index is 13.3. The molecule has 0 bridgehead atoms. The fourth-order valence-corrected chi connectivity index (χ4v) is 2.02. The van der Waals surface area contributed by atoms with Gasteiger partial charge >= 0.3 is 0 Å². The Morgan fingerprint density at radius 1 is 0.900 bits per heavy atom. The number of benzene rings is 2. The number of anilines is 1. The van der Waals surface area contributed by atoms with E-state index in [2.05, 4.69) is 5.16 Å². The fourth-order valence-electron chi connectivity index (χ4n) is 2.02. The predicted molar refractivity (Wildman–Crippen MR) is 71.7 cm³/mol. The van der Waals surface area contributed by atoms with Gasteiger partial charge in [-0.2, -0.15) is 0 Å². The summed E-state index contributed by atoms with van der Waals surface area (Å²) >= 11 is 0. The van der Waals surface area contributed by atoms with E-state index in [1.54, 1.807) is 24.3 Å². The maximum absolute atomic E-state index is 13.3. The van der Waals surface area contributed by atoms with Gasteiger partial charge in [-0.3, -0.25) is 0 Å². The largest absolute Gasteiger partial charge is 0.380 e. The van der Waals surface area contributed by atoms with Gasteiger partial charge in [-0.1, -0.05) is 17.3 Å². The van der Waals surface area contributed by atoms with E-state index in [1.165, 1.54) is 24.3 Å². The van der Waals surface area contributed by atoms with Crippen LogP contribution in [0.1, 0.15) is 0 Å². The van der Waals surface area contributed by atoms with E-state index in [1.807, 2.05) is 0 Å². The quantitative estimate of drug-likeness (QED) is 0.770. The Hall–Kier alpha value is -2.69. The Morgan fingerprint density at radius 2 is 1.65 bits per heavy atom. The summed E-state index contributed by atoms with van der Waals surface area (Å²) in [6, 6.07) is 11.7. The second kappa shape index (κ2) is 4.77. The molecular formula is C15H10F2N2O. The number of rotatable bonds is 2. The van der Waals surface area contributed by atoms with Crippen molar-refractivity contribution in [1.82, 2.24) is 5.16 Å². The van der Waals surface area contributed by atoms with E-state index >= 15 is 0 Å². The Bertz CT molecular complexity index is 751. The number of nitrogens with zero attached hydrogens (tertiary/aromatic N) is 1. The molecule has 20 heavy (non-hydrogen) atoms. The summed E-state index contributed by atoms with van der Waals surface area (Å²) < 4.78 is 31.5. The topological polar surface area (TPSA) is 52.0 Å². The predicted octanol–water partition coefficient (Wildman–Crippen LogP) is 3.87. The number of hydrogen-bond donors (Lipinski definition) is 1. The summed E-state index contributed by atoms with van der Waals surface area (Å²) in [5, 5.41) is 3.71. The molecule has 2 N–H and O–H groups in total.